The van der Waals surface area contributed by atoms with Crippen molar-refractivity contribution in [2.75, 3.05) is 26.0 Å². The fourth-order valence-corrected chi connectivity index (χ4v) is 3.82. The lowest BCUT2D eigenvalue weighted by Gasteiger charge is -2.11. The van der Waals surface area contributed by atoms with Gasteiger partial charge in [-0.05, 0) is 36.0 Å². The highest BCUT2D eigenvalue weighted by molar-refractivity contribution is 6.03. The number of pyridine rings is 2. The third-order valence-corrected chi connectivity index (χ3v) is 5.95. The van der Waals surface area contributed by atoms with Crippen LogP contribution >= 0.6 is 0 Å². The maximum absolute atomic E-state index is 12.6. The number of nitrogens with two attached hydrogens (primary N) is 1. The first kappa shape index (κ1) is 21.1. The summed E-state index contributed by atoms with van der Waals surface area (Å²) in [6, 6.07) is 10.0. The molecule has 0 radical (unpaired) electrons. The van der Waals surface area contributed by atoms with Crippen molar-refractivity contribution in [3.63, 3.8) is 0 Å². The van der Waals surface area contributed by atoms with Gasteiger partial charge in [0.25, 0.3) is 5.91 Å². The van der Waals surface area contributed by atoms with E-state index in [4.69, 9.17) is 10.5 Å². The highest BCUT2D eigenvalue weighted by Gasteiger charge is 2.22. The molecule has 168 valence electrons. The van der Waals surface area contributed by atoms with Crippen molar-refractivity contribution in [1.29, 1.82) is 0 Å². The topological polar surface area (TPSA) is 108 Å². The summed E-state index contributed by atoms with van der Waals surface area (Å²) in [6.45, 7) is 2.04. The van der Waals surface area contributed by atoms with Gasteiger partial charge in [-0.15, -0.1) is 0 Å². The van der Waals surface area contributed by atoms with Gasteiger partial charge in [-0.25, -0.2) is 4.98 Å². The number of rotatable bonds is 8. The van der Waals surface area contributed by atoms with Crippen LogP contribution in [-0.2, 0) is 11.3 Å². The maximum atomic E-state index is 12.6. The number of carbonyl (C=O) groups is 1. The number of fused-ring (bicyclic) bond motifs is 1. The van der Waals surface area contributed by atoms with Gasteiger partial charge in [0, 0.05) is 48.8 Å². The largest absolute Gasteiger partial charge is 0.383 e. The molecule has 3 aromatic heterocycles. The summed E-state index contributed by atoms with van der Waals surface area (Å²) in [5.41, 5.74) is 11.1. The minimum atomic E-state index is -0.113. The van der Waals surface area contributed by atoms with E-state index in [1.54, 1.807) is 19.5 Å². The van der Waals surface area contributed by atoms with Gasteiger partial charge in [-0.3, -0.25) is 14.5 Å². The van der Waals surface area contributed by atoms with Crippen LogP contribution in [0.4, 0.5) is 5.82 Å². The van der Waals surface area contributed by atoms with E-state index in [0.717, 1.165) is 27.6 Å². The Morgan fingerprint density at radius 3 is 2.67 bits per heavy atom. The number of methoxy groups -OCH3 is 1. The SMILES string of the molecule is COCCn1cc(-c2ccc(-c3cnc(N)c4ncc(C(=O)NCC5CC5)cc34)cc2)cn1. The summed E-state index contributed by atoms with van der Waals surface area (Å²) in [6.07, 6.45) is 9.53. The molecule has 8 nitrogen and oxygen atoms in total. The van der Waals surface area contributed by atoms with Gasteiger partial charge in [0.05, 0.1) is 24.9 Å². The van der Waals surface area contributed by atoms with E-state index in [9.17, 15) is 4.79 Å². The van der Waals surface area contributed by atoms with Crippen LogP contribution in [0.3, 0.4) is 0 Å². The number of amides is 1. The van der Waals surface area contributed by atoms with Crippen LogP contribution in [0.25, 0.3) is 33.2 Å². The van der Waals surface area contributed by atoms with Gasteiger partial charge in [-0.1, -0.05) is 24.3 Å². The Labute approximate surface area is 191 Å². The van der Waals surface area contributed by atoms with Crippen LogP contribution in [0.2, 0.25) is 0 Å². The first-order valence-corrected chi connectivity index (χ1v) is 11.1. The molecule has 0 bridgehead atoms. The first-order valence-electron chi connectivity index (χ1n) is 11.1. The molecular weight excluding hydrogens is 416 g/mol. The Morgan fingerprint density at radius 2 is 1.91 bits per heavy atom. The molecule has 5 rings (SSSR count). The highest BCUT2D eigenvalue weighted by atomic mass is 16.5. The smallest absolute Gasteiger partial charge is 0.252 e. The van der Waals surface area contributed by atoms with Crippen LogP contribution in [0.1, 0.15) is 23.2 Å². The zero-order valence-corrected chi connectivity index (χ0v) is 18.5. The van der Waals surface area contributed by atoms with Crippen molar-refractivity contribution in [1.82, 2.24) is 25.1 Å². The summed E-state index contributed by atoms with van der Waals surface area (Å²) in [5.74, 6) is 0.848. The number of anilines is 1. The quantitative estimate of drug-likeness (QED) is 0.432. The molecule has 1 aliphatic rings. The summed E-state index contributed by atoms with van der Waals surface area (Å²) >= 11 is 0. The van der Waals surface area contributed by atoms with E-state index in [1.165, 1.54) is 12.8 Å². The van der Waals surface area contributed by atoms with E-state index in [1.807, 2.05) is 35.3 Å². The number of nitrogen functional groups attached to an aromatic ring is 1. The first-order chi connectivity index (χ1) is 16.1. The summed E-state index contributed by atoms with van der Waals surface area (Å²) in [4.78, 5) is 21.4. The average Bonchev–Trinajstić information content (AvgIpc) is 3.56. The predicted octanol–water partition coefficient (Wildman–Crippen LogP) is 3.53. The molecule has 33 heavy (non-hydrogen) atoms. The number of aromatic nitrogens is 4. The second-order valence-electron chi connectivity index (χ2n) is 8.39. The van der Waals surface area contributed by atoms with Crippen LogP contribution < -0.4 is 11.1 Å². The zero-order valence-electron chi connectivity index (χ0n) is 18.5. The van der Waals surface area contributed by atoms with Gasteiger partial charge in [0.15, 0.2) is 0 Å². The minimum Gasteiger partial charge on any atom is -0.383 e. The van der Waals surface area contributed by atoms with Crippen LogP contribution in [0.15, 0.2) is 55.1 Å². The maximum Gasteiger partial charge on any atom is 0.252 e. The van der Waals surface area contributed by atoms with Crippen LogP contribution in [0, 0.1) is 5.92 Å². The van der Waals surface area contributed by atoms with E-state index >= 15 is 0 Å². The van der Waals surface area contributed by atoms with E-state index in [2.05, 4.69) is 32.5 Å². The lowest BCUT2D eigenvalue weighted by molar-refractivity contribution is 0.0951. The summed E-state index contributed by atoms with van der Waals surface area (Å²) < 4.78 is 6.98. The number of nitrogens with one attached hydrogen (secondary N) is 1. The second-order valence-corrected chi connectivity index (χ2v) is 8.39. The Kier molecular flexibility index (Phi) is 5.75. The third kappa shape index (κ3) is 4.56. The standard InChI is InChI=1S/C25H26N6O2/c1-33-9-8-31-15-20(13-30-31)17-4-6-18(7-5-17)22-14-28-24(26)23-21(22)10-19(12-27-23)25(32)29-11-16-2-3-16/h4-7,10,12-16H,2-3,8-9,11H2,1H3,(H2,26,28)(H,29,32). The molecule has 1 fully saturated rings. The van der Waals surface area contributed by atoms with Gasteiger partial charge < -0.3 is 15.8 Å². The molecule has 0 unspecified atom stereocenters. The molecule has 8 heteroatoms. The zero-order chi connectivity index (χ0) is 22.8. The Balaban J connectivity index is 1.44. The number of benzene rings is 1. The highest BCUT2D eigenvalue weighted by Crippen LogP contribution is 2.32. The molecule has 0 spiro atoms. The summed E-state index contributed by atoms with van der Waals surface area (Å²) in [5, 5.41) is 8.19. The van der Waals surface area contributed by atoms with Gasteiger partial charge in [0.2, 0.25) is 0 Å². The van der Waals surface area contributed by atoms with Gasteiger partial charge >= 0.3 is 0 Å². The van der Waals surface area contributed by atoms with Crippen molar-refractivity contribution in [3.8, 4) is 22.3 Å². The van der Waals surface area contributed by atoms with Crippen molar-refractivity contribution in [3.05, 3.63) is 60.7 Å². The molecule has 0 aliphatic heterocycles. The fraction of sp³-hybridized carbons (Fsp3) is 0.280. The molecule has 3 N–H and O–H groups in total. The second kappa shape index (κ2) is 8.99. The number of hydrogen-bond acceptors (Lipinski definition) is 6. The van der Waals surface area contributed by atoms with Crippen LogP contribution in [-0.4, -0.2) is 45.9 Å². The molecule has 4 aromatic rings. The van der Waals surface area contributed by atoms with Gasteiger partial charge in [0.1, 0.15) is 11.3 Å². The molecule has 0 atom stereocenters. The lowest BCUT2D eigenvalue weighted by atomic mass is 9.99. The molecule has 0 saturated heterocycles. The van der Waals surface area contributed by atoms with Crippen molar-refractivity contribution < 1.29 is 9.53 Å². The molecule has 1 aromatic carbocycles. The molecular formula is C25H26N6O2. The van der Waals surface area contributed by atoms with E-state index < -0.39 is 0 Å². The number of nitrogens with zero attached hydrogens (tertiary/aromatic N) is 4. The number of carbonyl (C=O) groups excluding carboxylic acids is 1. The Bertz CT molecular complexity index is 1290. The molecule has 1 saturated carbocycles. The van der Waals surface area contributed by atoms with E-state index in [-0.39, 0.29) is 5.91 Å². The van der Waals surface area contributed by atoms with Crippen molar-refractivity contribution in [2.24, 2.45) is 5.92 Å². The number of hydrogen-bond donors (Lipinski definition) is 2. The Morgan fingerprint density at radius 1 is 1.12 bits per heavy atom. The molecule has 1 amide bonds. The predicted molar refractivity (Wildman–Crippen MR) is 128 cm³/mol. The molecule has 1 aliphatic carbocycles. The van der Waals surface area contributed by atoms with Crippen molar-refractivity contribution >= 4 is 22.6 Å². The van der Waals surface area contributed by atoms with Gasteiger partial charge in [-0.2, -0.15) is 5.10 Å². The fourth-order valence-electron chi connectivity index (χ4n) is 3.82. The summed E-state index contributed by atoms with van der Waals surface area (Å²) in [7, 11) is 1.68. The van der Waals surface area contributed by atoms with Crippen molar-refractivity contribution in [2.45, 2.75) is 19.4 Å². The average molecular weight is 443 g/mol. The monoisotopic (exact) mass is 442 g/mol. The third-order valence-electron chi connectivity index (χ3n) is 5.95. The van der Waals surface area contributed by atoms with E-state index in [0.29, 0.717) is 42.5 Å². The Hall–Kier alpha value is -3.78. The minimum absolute atomic E-state index is 0.113. The molecule has 3 heterocycles. The lowest BCUT2D eigenvalue weighted by Crippen LogP contribution is -2.25. The van der Waals surface area contributed by atoms with Crippen LogP contribution in [0.5, 0.6) is 0 Å². The normalized spacial score (nSPS) is 13.4. The number of ether oxygens (including phenoxy) is 1.